The molecule has 0 aliphatic heterocycles. The number of halogens is 6. The summed E-state index contributed by atoms with van der Waals surface area (Å²) in [5.74, 6) is -3.73. The number of nitrogen functional groups attached to an aromatic ring is 1. The van der Waals surface area contributed by atoms with Gasteiger partial charge in [-0.3, -0.25) is 4.98 Å². The van der Waals surface area contributed by atoms with Crippen LogP contribution in [-0.4, -0.2) is 17.3 Å². The molecule has 1 rings (SSSR count). The van der Waals surface area contributed by atoms with Crippen molar-refractivity contribution in [2.24, 2.45) is 5.92 Å². The minimum Gasteiger partial charge on any atom is -0.397 e. The van der Waals surface area contributed by atoms with Crippen LogP contribution in [0.15, 0.2) is 12.1 Å². The molecule has 2 nitrogen and oxygen atoms in total. The van der Waals surface area contributed by atoms with E-state index in [1.807, 2.05) is 13.8 Å². The van der Waals surface area contributed by atoms with Gasteiger partial charge >= 0.3 is 12.4 Å². The fourth-order valence-electron chi connectivity index (χ4n) is 2.40. The van der Waals surface area contributed by atoms with Gasteiger partial charge in [0.1, 0.15) is 0 Å². The summed E-state index contributed by atoms with van der Waals surface area (Å²) in [7, 11) is 0. The zero-order chi connectivity index (χ0) is 17.3. The molecule has 0 aromatic carbocycles. The Hall–Kier alpha value is -1.47. The summed E-state index contributed by atoms with van der Waals surface area (Å²) in [4.78, 5) is 3.59. The first-order valence-corrected chi connectivity index (χ1v) is 6.73. The summed E-state index contributed by atoms with van der Waals surface area (Å²) >= 11 is 0. The maximum atomic E-state index is 12.8. The lowest BCUT2D eigenvalue weighted by atomic mass is 9.93. The Balaban J connectivity index is 3.31. The highest BCUT2D eigenvalue weighted by Gasteiger charge is 2.58. The molecule has 1 unspecified atom stereocenters. The molecule has 0 saturated heterocycles. The Morgan fingerprint density at radius 3 is 1.91 bits per heavy atom. The molecule has 0 bridgehead atoms. The molecule has 1 heterocycles. The van der Waals surface area contributed by atoms with Gasteiger partial charge in [0.2, 0.25) is 0 Å². The third kappa shape index (κ3) is 4.51. The third-order valence-electron chi connectivity index (χ3n) is 3.22. The lowest BCUT2D eigenvalue weighted by molar-refractivity contribution is -0.254. The zero-order valence-electron chi connectivity index (χ0n) is 12.4. The van der Waals surface area contributed by atoms with Crippen LogP contribution in [0, 0.1) is 5.92 Å². The van der Waals surface area contributed by atoms with Gasteiger partial charge in [0.25, 0.3) is 0 Å². The van der Waals surface area contributed by atoms with Crippen LogP contribution >= 0.6 is 0 Å². The molecule has 2 N–H and O–H groups in total. The minimum atomic E-state index is -5.46. The topological polar surface area (TPSA) is 38.9 Å². The maximum Gasteiger partial charge on any atom is 0.406 e. The highest BCUT2D eigenvalue weighted by molar-refractivity contribution is 5.45. The summed E-state index contributed by atoms with van der Waals surface area (Å²) < 4.78 is 76.5. The molecule has 1 aromatic rings. The normalized spacial score (nSPS) is 14.7. The quantitative estimate of drug-likeness (QED) is 0.788. The van der Waals surface area contributed by atoms with Crippen LogP contribution in [0.1, 0.15) is 50.4 Å². The van der Waals surface area contributed by atoms with Gasteiger partial charge in [-0.05, 0) is 24.5 Å². The number of aromatic nitrogens is 1. The van der Waals surface area contributed by atoms with E-state index in [-0.39, 0.29) is 23.2 Å². The number of hydrogen-bond donors (Lipinski definition) is 1. The van der Waals surface area contributed by atoms with Crippen LogP contribution in [0.2, 0.25) is 0 Å². The fourth-order valence-corrected chi connectivity index (χ4v) is 2.40. The summed E-state index contributed by atoms with van der Waals surface area (Å²) in [6.07, 6.45) is -10.4. The predicted molar refractivity (Wildman–Crippen MR) is 71.4 cm³/mol. The molecule has 0 amide bonds. The highest BCUT2D eigenvalue weighted by atomic mass is 19.4. The second kappa shape index (κ2) is 6.34. The average Bonchev–Trinajstić information content (AvgIpc) is 2.26. The molecule has 0 aliphatic carbocycles. The monoisotopic (exact) mass is 328 g/mol. The van der Waals surface area contributed by atoms with Gasteiger partial charge in [-0.2, -0.15) is 26.3 Å². The van der Waals surface area contributed by atoms with E-state index in [0.29, 0.717) is 12.5 Å². The Morgan fingerprint density at radius 1 is 1.00 bits per heavy atom. The number of nitrogens with zero attached hydrogens (tertiary/aromatic N) is 1. The van der Waals surface area contributed by atoms with E-state index in [1.165, 1.54) is 0 Å². The van der Waals surface area contributed by atoms with E-state index in [4.69, 9.17) is 5.73 Å². The summed E-state index contributed by atoms with van der Waals surface area (Å²) in [6.45, 7) is 5.47. The van der Waals surface area contributed by atoms with E-state index < -0.39 is 24.0 Å². The van der Waals surface area contributed by atoms with Crippen molar-refractivity contribution in [3.63, 3.8) is 0 Å². The summed E-state index contributed by atoms with van der Waals surface area (Å²) in [6, 6.07) is 1.74. The molecular weight excluding hydrogens is 310 g/mol. The SMILES string of the molecule is CC(C)CC(C)c1nc(C(C(F)(F)F)C(F)(F)F)ccc1N. The van der Waals surface area contributed by atoms with E-state index in [9.17, 15) is 26.3 Å². The summed E-state index contributed by atoms with van der Waals surface area (Å²) in [5, 5.41) is 0. The van der Waals surface area contributed by atoms with Gasteiger partial charge in [-0.1, -0.05) is 20.8 Å². The predicted octanol–water partition coefficient (Wildman–Crippen LogP) is 5.02. The molecule has 0 saturated carbocycles. The highest BCUT2D eigenvalue weighted by Crippen LogP contribution is 2.46. The van der Waals surface area contributed by atoms with Gasteiger partial charge in [0.15, 0.2) is 5.92 Å². The molecular formula is C14H18F6N2. The zero-order valence-corrected chi connectivity index (χ0v) is 12.4. The molecule has 0 radical (unpaired) electrons. The van der Waals surface area contributed by atoms with Gasteiger partial charge in [0, 0.05) is 5.92 Å². The summed E-state index contributed by atoms with van der Waals surface area (Å²) in [5.41, 5.74) is 4.76. The molecule has 8 heteroatoms. The van der Waals surface area contributed by atoms with Gasteiger partial charge < -0.3 is 5.73 Å². The van der Waals surface area contributed by atoms with Crippen molar-refractivity contribution >= 4 is 5.69 Å². The molecule has 0 fully saturated rings. The van der Waals surface area contributed by atoms with Crippen LogP contribution in [0.4, 0.5) is 32.0 Å². The molecule has 126 valence electrons. The largest absolute Gasteiger partial charge is 0.406 e. The average molecular weight is 328 g/mol. The number of pyridine rings is 1. The van der Waals surface area contributed by atoms with E-state index >= 15 is 0 Å². The molecule has 22 heavy (non-hydrogen) atoms. The van der Waals surface area contributed by atoms with Crippen LogP contribution in [-0.2, 0) is 0 Å². The first kappa shape index (κ1) is 18.6. The van der Waals surface area contributed by atoms with Crippen molar-refractivity contribution in [1.29, 1.82) is 0 Å². The van der Waals surface area contributed by atoms with Crippen molar-refractivity contribution in [2.75, 3.05) is 5.73 Å². The first-order valence-electron chi connectivity index (χ1n) is 6.73. The van der Waals surface area contributed by atoms with Crippen LogP contribution in [0.3, 0.4) is 0 Å². The Bertz CT molecular complexity index is 493. The van der Waals surface area contributed by atoms with Crippen molar-refractivity contribution in [3.8, 4) is 0 Å². The number of rotatable bonds is 4. The number of hydrogen-bond acceptors (Lipinski definition) is 2. The van der Waals surface area contributed by atoms with E-state index in [0.717, 1.165) is 6.07 Å². The second-order valence-corrected chi connectivity index (χ2v) is 5.76. The Kier molecular flexibility index (Phi) is 5.35. The second-order valence-electron chi connectivity index (χ2n) is 5.76. The fraction of sp³-hybridized carbons (Fsp3) is 0.643. The number of alkyl halides is 6. The van der Waals surface area contributed by atoms with Gasteiger partial charge in [-0.15, -0.1) is 0 Å². The Morgan fingerprint density at radius 2 is 1.50 bits per heavy atom. The van der Waals surface area contributed by atoms with Crippen LogP contribution in [0.25, 0.3) is 0 Å². The van der Waals surface area contributed by atoms with Crippen molar-refractivity contribution < 1.29 is 26.3 Å². The lowest BCUT2D eigenvalue weighted by Gasteiger charge is -2.24. The Labute approximate surface area is 124 Å². The first-order chi connectivity index (χ1) is 9.84. The van der Waals surface area contributed by atoms with Crippen molar-refractivity contribution in [3.05, 3.63) is 23.5 Å². The van der Waals surface area contributed by atoms with Crippen LogP contribution in [0.5, 0.6) is 0 Å². The van der Waals surface area contributed by atoms with Gasteiger partial charge in [0.05, 0.1) is 17.1 Å². The maximum absolute atomic E-state index is 12.8. The molecule has 0 spiro atoms. The van der Waals surface area contributed by atoms with Crippen LogP contribution < -0.4 is 5.73 Å². The third-order valence-corrected chi connectivity index (χ3v) is 3.22. The van der Waals surface area contributed by atoms with Gasteiger partial charge in [-0.25, -0.2) is 0 Å². The number of nitrogens with two attached hydrogens (primary N) is 1. The van der Waals surface area contributed by atoms with Crippen molar-refractivity contribution in [2.45, 2.75) is 51.4 Å². The molecule has 1 atom stereocenters. The van der Waals surface area contributed by atoms with E-state index in [1.54, 1.807) is 6.92 Å². The number of anilines is 1. The smallest absolute Gasteiger partial charge is 0.397 e. The molecule has 1 aromatic heterocycles. The lowest BCUT2D eigenvalue weighted by Crippen LogP contribution is -2.35. The standard InChI is InChI=1S/C14H18F6N2/c1-7(2)6-8(3)11-9(21)4-5-10(22-11)12(13(15,16)17)14(18,19)20/h4-5,7-8,12H,6,21H2,1-3H3. The molecule has 0 aliphatic rings. The van der Waals surface area contributed by atoms with E-state index in [2.05, 4.69) is 4.98 Å². The van der Waals surface area contributed by atoms with Crippen molar-refractivity contribution in [1.82, 2.24) is 4.98 Å². The minimum absolute atomic E-state index is 0.0738.